The fourth-order valence-electron chi connectivity index (χ4n) is 6.91. The molecule has 0 fully saturated rings. The van der Waals surface area contributed by atoms with E-state index in [4.69, 9.17) is 14.4 Å². The maximum Gasteiger partial charge on any atom is 0.161 e. The number of hydrogen-bond acceptors (Lipinski definition) is 2. The van der Waals surface area contributed by atoms with Crippen molar-refractivity contribution >= 4 is 50.6 Å². The lowest BCUT2D eigenvalue weighted by molar-refractivity contribution is 0.669. The third-order valence-electron chi connectivity index (χ3n) is 9.63. The van der Waals surface area contributed by atoms with Crippen LogP contribution in [0.1, 0.15) is 16.7 Å². The van der Waals surface area contributed by atoms with Crippen LogP contribution in [0.3, 0.4) is 0 Å². The summed E-state index contributed by atoms with van der Waals surface area (Å²) in [4.78, 5) is 9.86. The lowest BCUT2D eigenvalue weighted by Crippen LogP contribution is -2.05. The third-order valence-corrected chi connectivity index (χ3v) is 9.63. The molecule has 1 heterocycles. The molecule has 0 amide bonds. The lowest BCUT2D eigenvalue weighted by Gasteiger charge is -2.08. The second-order valence-corrected chi connectivity index (χ2v) is 13.0. The Labute approximate surface area is 307 Å². The molecule has 0 unspecified atom stereocenters. The van der Waals surface area contributed by atoms with E-state index in [-0.39, 0.29) is 5.84 Å². The maximum absolute atomic E-state index is 9.36. The number of nitrogens with zero attached hydrogens (tertiary/aromatic N) is 2. The van der Waals surface area contributed by atoms with Gasteiger partial charge in [-0.1, -0.05) is 158 Å². The molecule has 9 rings (SSSR count). The summed E-state index contributed by atoms with van der Waals surface area (Å²) in [6.45, 7) is 0. The minimum absolute atomic E-state index is 0.106. The number of furan rings is 1. The molecule has 0 saturated carbocycles. The van der Waals surface area contributed by atoms with Gasteiger partial charge in [-0.3, -0.25) is 5.41 Å². The van der Waals surface area contributed by atoms with Gasteiger partial charge in [-0.25, -0.2) is 9.98 Å². The van der Waals surface area contributed by atoms with E-state index in [1.165, 1.54) is 10.8 Å². The molecule has 0 aliphatic heterocycles. The summed E-state index contributed by atoms with van der Waals surface area (Å²) in [7, 11) is 0. The smallest absolute Gasteiger partial charge is 0.161 e. The molecule has 0 atom stereocenters. The summed E-state index contributed by atoms with van der Waals surface area (Å²) in [5.74, 6) is 0.551. The predicted molar refractivity (Wildman–Crippen MR) is 221 cm³/mol. The van der Waals surface area contributed by atoms with E-state index in [0.29, 0.717) is 17.0 Å². The van der Waals surface area contributed by atoms with E-state index < -0.39 is 0 Å². The van der Waals surface area contributed by atoms with Crippen molar-refractivity contribution in [2.24, 2.45) is 9.98 Å². The van der Waals surface area contributed by atoms with Crippen molar-refractivity contribution in [2.45, 2.75) is 0 Å². The Balaban J connectivity index is 1.11. The first-order chi connectivity index (χ1) is 26.2. The monoisotopic (exact) mass is 679 g/mol. The minimum Gasteiger partial charge on any atom is -0.456 e. The van der Waals surface area contributed by atoms with Gasteiger partial charge in [0.25, 0.3) is 0 Å². The quantitative estimate of drug-likeness (QED) is 0.138. The zero-order chi connectivity index (χ0) is 35.6. The Morgan fingerprint density at radius 3 is 1.85 bits per heavy atom. The first-order valence-corrected chi connectivity index (χ1v) is 17.6. The highest BCUT2D eigenvalue weighted by atomic mass is 16.3. The number of hydrogen-bond donors (Lipinski definition) is 1. The van der Waals surface area contributed by atoms with Gasteiger partial charge in [0.15, 0.2) is 11.7 Å². The number of aliphatic imine (C=N–C) groups is 2. The van der Waals surface area contributed by atoms with Crippen molar-refractivity contribution in [2.75, 3.05) is 0 Å². The fraction of sp³-hybridized carbons (Fsp3) is 0. The van der Waals surface area contributed by atoms with Gasteiger partial charge in [0.1, 0.15) is 11.2 Å². The van der Waals surface area contributed by atoms with Crippen LogP contribution in [0.5, 0.6) is 0 Å². The number of nitrogens with one attached hydrogen (secondary N) is 1. The highest BCUT2D eigenvalue weighted by molar-refractivity contribution is 6.21. The zero-order valence-electron chi connectivity index (χ0n) is 28.8. The van der Waals surface area contributed by atoms with Crippen molar-refractivity contribution in [3.05, 3.63) is 205 Å². The van der Waals surface area contributed by atoms with Gasteiger partial charge in [0.05, 0.1) is 0 Å². The van der Waals surface area contributed by atoms with Crippen LogP contribution in [0.2, 0.25) is 0 Å². The largest absolute Gasteiger partial charge is 0.456 e. The van der Waals surface area contributed by atoms with E-state index >= 15 is 0 Å². The Hall–Kier alpha value is -7.17. The Bertz CT molecular complexity index is 2830. The van der Waals surface area contributed by atoms with Gasteiger partial charge in [-0.05, 0) is 80.0 Å². The molecule has 1 N–H and O–H groups in total. The molecule has 4 nitrogen and oxygen atoms in total. The van der Waals surface area contributed by atoms with Gasteiger partial charge < -0.3 is 4.42 Å². The zero-order valence-corrected chi connectivity index (χ0v) is 28.8. The highest BCUT2D eigenvalue weighted by Gasteiger charge is 2.16. The van der Waals surface area contributed by atoms with E-state index in [2.05, 4.69) is 109 Å². The number of benzene rings is 8. The Morgan fingerprint density at radius 1 is 0.472 bits per heavy atom. The van der Waals surface area contributed by atoms with Crippen molar-refractivity contribution in [3.8, 4) is 33.4 Å². The van der Waals surface area contributed by atoms with Gasteiger partial charge in [0.2, 0.25) is 0 Å². The van der Waals surface area contributed by atoms with Crippen LogP contribution in [0.15, 0.2) is 202 Å². The van der Waals surface area contributed by atoms with Crippen molar-refractivity contribution < 1.29 is 4.42 Å². The molecule has 0 bridgehead atoms. The van der Waals surface area contributed by atoms with Gasteiger partial charge >= 0.3 is 0 Å². The summed E-state index contributed by atoms with van der Waals surface area (Å²) in [5, 5.41) is 13.6. The first kappa shape index (κ1) is 31.8. The number of amidine groups is 2. The summed E-state index contributed by atoms with van der Waals surface area (Å²) in [5.41, 5.74) is 10.6. The molecule has 53 heavy (non-hydrogen) atoms. The molecule has 0 aliphatic carbocycles. The van der Waals surface area contributed by atoms with Gasteiger partial charge in [0, 0.05) is 28.1 Å². The van der Waals surface area contributed by atoms with Crippen LogP contribution in [0.4, 0.5) is 0 Å². The molecule has 0 radical (unpaired) electrons. The molecule has 0 spiro atoms. The molecular formula is C49H33N3O. The highest BCUT2D eigenvalue weighted by Crippen LogP contribution is 2.35. The van der Waals surface area contributed by atoms with E-state index in [1.807, 2.05) is 85.1 Å². The van der Waals surface area contributed by atoms with Crippen LogP contribution in [0.25, 0.3) is 66.1 Å². The number of rotatable bonds is 6. The molecule has 250 valence electrons. The van der Waals surface area contributed by atoms with E-state index in [9.17, 15) is 5.41 Å². The molecule has 9 aromatic rings. The Morgan fingerprint density at radius 2 is 1.08 bits per heavy atom. The van der Waals surface area contributed by atoms with E-state index in [0.717, 1.165) is 60.9 Å². The first-order valence-electron chi connectivity index (χ1n) is 17.6. The summed E-state index contributed by atoms with van der Waals surface area (Å²) in [6.07, 6.45) is 1.83. The second-order valence-electron chi connectivity index (χ2n) is 13.0. The average Bonchev–Trinajstić information content (AvgIpc) is 3.61. The topological polar surface area (TPSA) is 61.7 Å². The van der Waals surface area contributed by atoms with Crippen LogP contribution in [0, 0.1) is 5.41 Å². The van der Waals surface area contributed by atoms with Crippen molar-refractivity contribution in [3.63, 3.8) is 0 Å². The van der Waals surface area contributed by atoms with Gasteiger partial charge in [-0.2, -0.15) is 0 Å². The van der Waals surface area contributed by atoms with Crippen molar-refractivity contribution in [1.29, 1.82) is 5.41 Å². The molecule has 0 aliphatic rings. The predicted octanol–water partition coefficient (Wildman–Crippen LogP) is 12.6. The molecule has 1 aromatic heterocycles. The van der Waals surface area contributed by atoms with E-state index in [1.54, 1.807) is 0 Å². The molecule has 0 saturated heterocycles. The van der Waals surface area contributed by atoms with Crippen molar-refractivity contribution in [1.82, 2.24) is 0 Å². The second kappa shape index (κ2) is 13.9. The Kier molecular flexibility index (Phi) is 8.31. The SMILES string of the molecule is N=C(N=C(N=Cc1cccc(-c2ccccc2)c1)c1ccc(-c2ccc3ccccc3c2)cc1)c1cccc2oc3cc(-c4ccccc4)ccc3c12. The molecular weight excluding hydrogens is 647 g/mol. The van der Waals surface area contributed by atoms with Crippen LogP contribution in [-0.2, 0) is 0 Å². The van der Waals surface area contributed by atoms with Gasteiger partial charge in [-0.15, -0.1) is 0 Å². The molecule has 8 aromatic carbocycles. The maximum atomic E-state index is 9.36. The van der Waals surface area contributed by atoms with Crippen LogP contribution in [-0.4, -0.2) is 17.9 Å². The molecule has 4 heteroatoms. The summed E-state index contributed by atoms with van der Waals surface area (Å²) >= 11 is 0. The standard InChI is InChI=1S/C49H33N3O/c50-48(44-19-10-20-45-47(44)43-28-27-42(31-46(43)53-45)35-14-5-2-6-15-35)52-49(51-32-33-11-9-18-39(29-33)34-12-3-1-4-13-34)38-24-21-37(22-25-38)41-26-23-36-16-7-8-17-40(36)30-41/h1-32,50H. The minimum atomic E-state index is 0.106. The summed E-state index contributed by atoms with van der Waals surface area (Å²) < 4.78 is 6.36. The van der Waals surface area contributed by atoms with Crippen LogP contribution >= 0.6 is 0 Å². The normalized spacial score (nSPS) is 11.9. The lowest BCUT2D eigenvalue weighted by atomic mass is 10.00. The van der Waals surface area contributed by atoms with Crippen LogP contribution < -0.4 is 0 Å². The third kappa shape index (κ3) is 6.46. The summed E-state index contributed by atoms with van der Waals surface area (Å²) in [6, 6.07) is 64.1. The average molecular weight is 680 g/mol. The number of fused-ring (bicyclic) bond motifs is 4. The fourth-order valence-corrected chi connectivity index (χ4v) is 6.91.